The van der Waals surface area contributed by atoms with E-state index in [0.717, 1.165) is 56.1 Å². The van der Waals surface area contributed by atoms with Gasteiger partial charge in [0.2, 0.25) is 0 Å². The van der Waals surface area contributed by atoms with Gasteiger partial charge in [-0.15, -0.1) is 0 Å². The lowest BCUT2D eigenvalue weighted by Crippen LogP contribution is -2.34. The summed E-state index contributed by atoms with van der Waals surface area (Å²) in [5.41, 5.74) is 5.60. The molecule has 0 radical (unpaired) electrons. The van der Waals surface area contributed by atoms with E-state index in [1.807, 2.05) is 19.1 Å². The lowest BCUT2D eigenvalue weighted by Gasteiger charge is -2.35. The summed E-state index contributed by atoms with van der Waals surface area (Å²) in [5, 5.41) is 22.3. The van der Waals surface area contributed by atoms with Gasteiger partial charge in [0.05, 0.1) is 5.60 Å². The summed E-state index contributed by atoms with van der Waals surface area (Å²) in [7, 11) is 0. The van der Waals surface area contributed by atoms with Crippen molar-refractivity contribution in [3.63, 3.8) is 0 Å². The Balaban J connectivity index is 1.89. The molecule has 0 heterocycles. The van der Waals surface area contributed by atoms with Gasteiger partial charge in [-0.3, -0.25) is 9.59 Å². The number of carboxylic acid groups (broad SMARTS) is 1. The molecule has 0 saturated heterocycles. The number of hydrogen-bond acceptors (Lipinski definition) is 3. The van der Waals surface area contributed by atoms with Crippen molar-refractivity contribution in [2.24, 2.45) is 5.92 Å². The van der Waals surface area contributed by atoms with Crippen LogP contribution < -0.4 is 5.32 Å². The molecule has 2 aromatic rings. The van der Waals surface area contributed by atoms with Gasteiger partial charge < -0.3 is 15.5 Å². The van der Waals surface area contributed by atoms with Gasteiger partial charge in [-0.1, -0.05) is 63.9 Å². The number of aliphatic carboxylic acids is 1. The zero-order valence-corrected chi connectivity index (χ0v) is 21.9. The topological polar surface area (TPSA) is 86.6 Å². The monoisotopic (exact) mass is 479 g/mol. The highest BCUT2D eigenvalue weighted by Crippen LogP contribution is 2.41. The molecule has 0 aliphatic heterocycles. The van der Waals surface area contributed by atoms with Gasteiger partial charge in [0.1, 0.15) is 6.54 Å². The van der Waals surface area contributed by atoms with Crippen LogP contribution in [0.5, 0.6) is 0 Å². The molecular weight excluding hydrogens is 438 g/mol. The molecule has 3 N–H and O–H groups in total. The van der Waals surface area contributed by atoms with Crippen molar-refractivity contribution in [1.82, 2.24) is 5.32 Å². The minimum absolute atomic E-state index is 0.181. The van der Waals surface area contributed by atoms with Gasteiger partial charge in [0.15, 0.2) is 0 Å². The summed E-state index contributed by atoms with van der Waals surface area (Å²) < 4.78 is 0. The maximum absolute atomic E-state index is 12.4. The Morgan fingerprint density at radius 3 is 2.09 bits per heavy atom. The number of nitrogens with one attached hydrogen (secondary N) is 1. The minimum atomic E-state index is -1.06. The van der Waals surface area contributed by atoms with Crippen LogP contribution in [0.2, 0.25) is 0 Å². The molecule has 1 aliphatic rings. The van der Waals surface area contributed by atoms with E-state index in [2.05, 4.69) is 57.3 Å². The Labute approximate surface area is 210 Å². The molecule has 5 nitrogen and oxygen atoms in total. The molecule has 1 unspecified atom stereocenters. The summed E-state index contributed by atoms with van der Waals surface area (Å²) in [6.07, 6.45) is 6.77. The molecule has 1 amide bonds. The summed E-state index contributed by atoms with van der Waals surface area (Å²) in [6.45, 7) is 10.3. The van der Waals surface area contributed by atoms with Crippen molar-refractivity contribution in [3.8, 4) is 0 Å². The van der Waals surface area contributed by atoms with Crippen molar-refractivity contribution in [2.45, 2.75) is 90.6 Å². The van der Waals surface area contributed by atoms with E-state index in [-0.39, 0.29) is 17.2 Å². The van der Waals surface area contributed by atoms with Gasteiger partial charge in [0.25, 0.3) is 5.91 Å². The van der Waals surface area contributed by atoms with Gasteiger partial charge in [-0.2, -0.15) is 0 Å². The lowest BCUT2D eigenvalue weighted by molar-refractivity contribution is -0.135. The van der Waals surface area contributed by atoms with Gasteiger partial charge >= 0.3 is 5.97 Å². The highest BCUT2D eigenvalue weighted by atomic mass is 16.4. The molecule has 35 heavy (non-hydrogen) atoms. The smallest absolute Gasteiger partial charge is 0.322 e. The first-order chi connectivity index (χ1) is 16.6. The van der Waals surface area contributed by atoms with E-state index < -0.39 is 18.1 Å². The predicted molar refractivity (Wildman–Crippen MR) is 140 cm³/mol. The van der Waals surface area contributed by atoms with Crippen molar-refractivity contribution >= 4 is 11.9 Å². The zero-order valence-electron chi connectivity index (χ0n) is 21.9. The average molecular weight is 480 g/mol. The third-order valence-corrected chi connectivity index (χ3v) is 8.44. The van der Waals surface area contributed by atoms with Crippen LogP contribution in [0.3, 0.4) is 0 Å². The molecule has 2 aromatic carbocycles. The van der Waals surface area contributed by atoms with Crippen molar-refractivity contribution in [1.29, 1.82) is 0 Å². The second-order valence-corrected chi connectivity index (χ2v) is 10.5. The lowest BCUT2D eigenvalue weighted by atomic mass is 9.69. The summed E-state index contributed by atoms with van der Waals surface area (Å²) in [4.78, 5) is 23.2. The number of amides is 1. The SMILES string of the molecule is CCC(CC)(c1ccc(CC(C)C2(O)CCCC2)c(C)c1)c1ccc(C(=O)NCC(=O)O)c(C)c1. The van der Waals surface area contributed by atoms with Crippen LogP contribution in [-0.4, -0.2) is 34.2 Å². The fourth-order valence-corrected chi connectivity index (χ4v) is 5.92. The Hall–Kier alpha value is -2.66. The van der Waals surface area contributed by atoms with Gasteiger partial charge in [-0.05, 0) is 85.8 Å². The largest absolute Gasteiger partial charge is 0.480 e. The van der Waals surface area contributed by atoms with E-state index in [1.165, 1.54) is 16.7 Å². The zero-order chi connectivity index (χ0) is 25.8. The normalized spacial score (nSPS) is 16.2. The molecular formula is C30H41NO4. The van der Waals surface area contributed by atoms with Gasteiger partial charge in [0, 0.05) is 11.0 Å². The van der Waals surface area contributed by atoms with E-state index >= 15 is 0 Å². The minimum Gasteiger partial charge on any atom is -0.480 e. The Kier molecular flexibility index (Phi) is 8.42. The molecule has 0 aromatic heterocycles. The van der Waals surface area contributed by atoms with Crippen LogP contribution in [0.1, 0.15) is 97.5 Å². The van der Waals surface area contributed by atoms with Crippen LogP contribution in [0, 0.1) is 19.8 Å². The number of benzene rings is 2. The Morgan fingerprint density at radius 1 is 1.00 bits per heavy atom. The third kappa shape index (κ3) is 5.61. The first kappa shape index (κ1) is 26.9. The number of carbonyl (C=O) groups excluding carboxylic acids is 1. The fraction of sp³-hybridized carbons (Fsp3) is 0.533. The predicted octanol–water partition coefficient (Wildman–Crippen LogP) is 5.71. The van der Waals surface area contributed by atoms with Crippen LogP contribution >= 0.6 is 0 Å². The molecule has 5 heteroatoms. The molecule has 3 rings (SSSR count). The molecule has 0 bridgehead atoms. The van der Waals surface area contributed by atoms with E-state index in [0.29, 0.717) is 5.56 Å². The highest BCUT2D eigenvalue weighted by molar-refractivity contribution is 5.97. The van der Waals surface area contributed by atoms with Gasteiger partial charge in [-0.25, -0.2) is 0 Å². The number of carboxylic acids is 1. The maximum Gasteiger partial charge on any atom is 0.322 e. The van der Waals surface area contributed by atoms with Crippen LogP contribution in [0.25, 0.3) is 0 Å². The molecule has 1 saturated carbocycles. The standard InChI is InChI=1S/C30H41NO4/c1-6-29(7-2,25-12-13-26(21(4)17-25)28(34)31-19-27(32)33)24-11-10-23(20(3)16-24)18-22(5)30(35)14-8-9-15-30/h10-13,16-17,22,35H,6-9,14-15,18-19H2,1-5H3,(H,31,34)(H,32,33). The first-order valence-electron chi connectivity index (χ1n) is 13.0. The second kappa shape index (κ2) is 10.9. The molecule has 1 fully saturated rings. The van der Waals surface area contributed by atoms with Crippen molar-refractivity contribution in [2.75, 3.05) is 6.54 Å². The van der Waals surface area contributed by atoms with Crippen molar-refractivity contribution in [3.05, 3.63) is 69.8 Å². The molecule has 1 aliphatic carbocycles. The molecule has 0 spiro atoms. The number of carbonyl (C=O) groups is 2. The fourth-order valence-electron chi connectivity index (χ4n) is 5.92. The van der Waals surface area contributed by atoms with Crippen molar-refractivity contribution < 1.29 is 19.8 Å². The first-order valence-corrected chi connectivity index (χ1v) is 13.0. The van der Waals surface area contributed by atoms with Crippen LogP contribution in [0.4, 0.5) is 0 Å². The van der Waals surface area contributed by atoms with E-state index in [1.54, 1.807) is 0 Å². The Morgan fingerprint density at radius 2 is 1.57 bits per heavy atom. The number of aliphatic hydroxyl groups is 1. The maximum atomic E-state index is 12.4. The number of rotatable bonds is 10. The average Bonchev–Trinajstić information content (AvgIpc) is 3.28. The van der Waals surface area contributed by atoms with Crippen LogP contribution in [0.15, 0.2) is 36.4 Å². The molecule has 1 atom stereocenters. The summed E-state index contributed by atoms with van der Waals surface area (Å²) >= 11 is 0. The quantitative estimate of drug-likeness (QED) is 0.407. The summed E-state index contributed by atoms with van der Waals surface area (Å²) in [6, 6.07) is 12.7. The van der Waals surface area contributed by atoms with Crippen LogP contribution in [-0.2, 0) is 16.6 Å². The van der Waals surface area contributed by atoms with E-state index in [4.69, 9.17) is 5.11 Å². The van der Waals surface area contributed by atoms with E-state index in [9.17, 15) is 14.7 Å². The summed E-state index contributed by atoms with van der Waals surface area (Å²) in [5.74, 6) is -1.19. The molecule has 190 valence electrons. The second-order valence-electron chi connectivity index (χ2n) is 10.5. The Bertz CT molecular complexity index is 1060. The number of aryl methyl sites for hydroxylation is 2. The highest BCUT2D eigenvalue weighted by Gasteiger charge is 2.37. The third-order valence-electron chi connectivity index (χ3n) is 8.44. The number of hydrogen-bond donors (Lipinski definition) is 3.